The SMILES string of the molecule is COC(=O)Nc1ccc(CN=C(N)Nc2ccc(OC(C)C)cc2)cc1.I. The van der Waals surface area contributed by atoms with Crippen molar-refractivity contribution >= 4 is 47.4 Å². The molecular formula is C19H25IN4O3. The van der Waals surface area contributed by atoms with Gasteiger partial charge in [0.2, 0.25) is 0 Å². The molecule has 0 fully saturated rings. The number of ether oxygens (including phenoxy) is 2. The zero-order valence-electron chi connectivity index (χ0n) is 15.6. The van der Waals surface area contributed by atoms with Gasteiger partial charge in [0.1, 0.15) is 5.75 Å². The summed E-state index contributed by atoms with van der Waals surface area (Å²) in [5.41, 5.74) is 8.37. The second-order valence-corrected chi connectivity index (χ2v) is 5.83. The molecule has 4 N–H and O–H groups in total. The van der Waals surface area contributed by atoms with Gasteiger partial charge in [-0.3, -0.25) is 5.32 Å². The summed E-state index contributed by atoms with van der Waals surface area (Å²) in [5, 5.41) is 5.62. The highest BCUT2D eigenvalue weighted by atomic mass is 127. The highest BCUT2D eigenvalue weighted by Crippen LogP contribution is 2.17. The molecule has 0 saturated heterocycles. The first-order valence-electron chi connectivity index (χ1n) is 8.24. The van der Waals surface area contributed by atoms with E-state index in [1.54, 1.807) is 12.1 Å². The number of nitrogens with one attached hydrogen (secondary N) is 2. The fourth-order valence-corrected chi connectivity index (χ4v) is 2.12. The van der Waals surface area contributed by atoms with Crippen LogP contribution in [0, 0.1) is 0 Å². The Bertz CT molecular complexity index is 747. The topological polar surface area (TPSA) is 98.0 Å². The van der Waals surface area contributed by atoms with Crippen molar-refractivity contribution in [2.75, 3.05) is 17.7 Å². The Morgan fingerprint density at radius 2 is 1.59 bits per heavy atom. The fraction of sp³-hybridized carbons (Fsp3) is 0.263. The Kier molecular flexibility index (Phi) is 9.41. The molecule has 0 spiro atoms. The molecule has 2 rings (SSSR count). The molecular weight excluding hydrogens is 459 g/mol. The average Bonchev–Trinajstić information content (AvgIpc) is 2.62. The van der Waals surface area contributed by atoms with Crippen molar-refractivity contribution in [1.29, 1.82) is 0 Å². The van der Waals surface area contributed by atoms with Crippen LogP contribution in [-0.4, -0.2) is 25.3 Å². The Hall–Kier alpha value is -2.49. The van der Waals surface area contributed by atoms with Gasteiger partial charge >= 0.3 is 6.09 Å². The molecule has 0 saturated carbocycles. The predicted octanol–water partition coefficient (Wildman–Crippen LogP) is 4.20. The Morgan fingerprint density at radius 1 is 1.04 bits per heavy atom. The number of aliphatic imine (C=N–C) groups is 1. The third-order valence-electron chi connectivity index (χ3n) is 3.32. The Morgan fingerprint density at radius 3 is 2.15 bits per heavy atom. The fourth-order valence-electron chi connectivity index (χ4n) is 2.12. The summed E-state index contributed by atoms with van der Waals surface area (Å²) >= 11 is 0. The molecule has 2 aromatic rings. The lowest BCUT2D eigenvalue weighted by atomic mass is 10.2. The molecule has 146 valence electrons. The van der Waals surface area contributed by atoms with Crippen molar-refractivity contribution in [3.8, 4) is 5.75 Å². The number of amides is 1. The van der Waals surface area contributed by atoms with Crippen LogP contribution in [-0.2, 0) is 11.3 Å². The molecule has 0 atom stereocenters. The molecule has 0 bridgehead atoms. The number of nitrogens with two attached hydrogens (primary N) is 1. The summed E-state index contributed by atoms with van der Waals surface area (Å²) in [6, 6.07) is 14.8. The van der Waals surface area contributed by atoms with E-state index in [4.69, 9.17) is 10.5 Å². The van der Waals surface area contributed by atoms with Crippen molar-refractivity contribution in [3.05, 3.63) is 54.1 Å². The lowest BCUT2D eigenvalue weighted by Gasteiger charge is -2.11. The van der Waals surface area contributed by atoms with Crippen LogP contribution in [0.2, 0.25) is 0 Å². The summed E-state index contributed by atoms with van der Waals surface area (Å²) in [7, 11) is 1.32. The zero-order valence-corrected chi connectivity index (χ0v) is 17.9. The maximum absolute atomic E-state index is 11.1. The summed E-state index contributed by atoms with van der Waals surface area (Å²) in [5.74, 6) is 1.13. The summed E-state index contributed by atoms with van der Waals surface area (Å²) in [6.45, 7) is 4.38. The highest BCUT2D eigenvalue weighted by Gasteiger charge is 2.01. The molecule has 2 aromatic carbocycles. The van der Waals surface area contributed by atoms with Crippen LogP contribution >= 0.6 is 24.0 Å². The van der Waals surface area contributed by atoms with Crippen LogP contribution in [0.4, 0.5) is 16.2 Å². The minimum Gasteiger partial charge on any atom is -0.491 e. The van der Waals surface area contributed by atoms with Crippen LogP contribution in [0.1, 0.15) is 19.4 Å². The average molecular weight is 484 g/mol. The van der Waals surface area contributed by atoms with Gasteiger partial charge < -0.3 is 20.5 Å². The van der Waals surface area contributed by atoms with E-state index in [0.717, 1.165) is 17.0 Å². The molecule has 0 aromatic heterocycles. The van der Waals surface area contributed by atoms with Gasteiger partial charge in [0.15, 0.2) is 5.96 Å². The van der Waals surface area contributed by atoms with E-state index in [1.807, 2.05) is 50.2 Å². The van der Waals surface area contributed by atoms with Crippen molar-refractivity contribution in [2.24, 2.45) is 10.7 Å². The number of benzene rings is 2. The molecule has 8 heteroatoms. The van der Waals surface area contributed by atoms with E-state index >= 15 is 0 Å². The number of methoxy groups -OCH3 is 1. The maximum atomic E-state index is 11.1. The number of hydrogen-bond donors (Lipinski definition) is 3. The first-order valence-corrected chi connectivity index (χ1v) is 8.24. The van der Waals surface area contributed by atoms with E-state index in [2.05, 4.69) is 20.4 Å². The van der Waals surface area contributed by atoms with E-state index in [1.165, 1.54) is 7.11 Å². The normalized spacial score (nSPS) is 10.7. The summed E-state index contributed by atoms with van der Waals surface area (Å²) in [6.07, 6.45) is -0.372. The van der Waals surface area contributed by atoms with Crippen molar-refractivity contribution < 1.29 is 14.3 Å². The number of carbonyl (C=O) groups is 1. The number of rotatable bonds is 6. The van der Waals surface area contributed by atoms with E-state index in [-0.39, 0.29) is 30.1 Å². The number of guanidine groups is 1. The van der Waals surface area contributed by atoms with Gasteiger partial charge in [-0.25, -0.2) is 9.79 Å². The lowest BCUT2D eigenvalue weighted by Crippen LogP contribution is -2.22. The van der Waals surface area contributed by atoms with E-state index < -0.39 is 6.09 Å². The predicted molar refractivity (Wildman–Crippen MR) is 119 cm³/mol. The minimum atomic E-state index is -0.506. The zero-order chi connectivity index (χ0) is 18.9. The molecule has 0 heterocycles. The van der Waals surface area contributed by atoms with E-state index in [9.17, 15) is 4.79 Å². The minimum absolute atomic E-state index is 0. The number of hydrogen-bond acceptors (Lipinski definition) is 4. The smallest absolute Gasteiger partial charge is 0.411 e. The number of halogens is 1. The first kappa shape index (κ1) is 22.6. The van der Waals surface area contributed by atoms with Gasteiger partial charge in [-0.1, -0.05) is 12.1 Å². The number of anilines is 2. The molecule has 7 nitrogen and oxygen atoms in total. The Labute approximate surface area is 176 Å². The Balaban J connectivity index is 0.00000364. The van der Waals surface area contributed by atoms with Gasteiger partial charge in [-0.15, -0.1) is 24.0 Å². The van der Waals surface area contributed by atoms with Gasteiger partial charge in [0.25, 0.3) is 0 Å². The largest absolute Gasteiger partial charge is 0.491 e. The van der Waals surface area contributed by atoms with Crippen LogP contribution < -0.4 is 21.1 Å². The standard InChI is InChI=1S/C19H24N4O3.HI/c1-13(2)26-17-10-8-15(9-11-17)22-18(20)21-12-14-4-6-16(7-5-14)23-19(24)25-3;/h4-11,13H,12H2,1-3H3,(H,23,24)(H3,20,21,22);1H. The quantitative estimate of drug-likeness (QED) is 0.325. The molecule has 0 unspecified atom stereocenters. The lowest BCUT2D eigenvalue weighted by molar-refractivity contribution is 0.187. The van der Waals surface area contributed by atoms with Gasteiger partial charge in [-0.2, -0.15) is 0 Å². The molecule has 0 aliphatic heterocycles. The van der Waals surface area contributed by atoms with Crippen LogP contribution in [0.5, 0.6) is 5.75 Å². The van der Waals surface area contributed by atoms with Crippen molar-refractivity contribution in [2.45, 2.75) is 26.5 Å². The monoisotopic (exact) mass is 484 g/mol. The number of carbonyl (C=O) groups excluding carboxylic acids is 1. The molecule has 0 aliphatic rings. The van der Waals surface area contributed by atoms with Crippen LogP contribution in [0.15, 0.2) is 53.5 Å². The first-order chi connectivity index (χ1) is 12.5. The van der Waals surface area contributed by atoms with Crippen LogP contribution in [0.3, 0.4) is 0 Å². The highest BCUT2D eigenvalue weighted by molar-refractivity contribution is 14.0. The number of nitrogens with zero attached hydrogens (tertiary/aromatic N) is 1. The maximum Gasteiger partial charge on any atom is 0.411 e. The third kappa shape index (κ3) is 8.16. The summed E-state index contributed by atoms with van der Waals surface area (Å²) in [4.78, 5) is 15.4. The van der Waals surface area contributed by atoms with Crippen molar-refractivity contribution in [3.63, 3.8) is 0 Å². The van der Waals surface area contributed by atoms with E-state index in [0.29, 0.717) is 18.2 Å². The van der Waals surface area contributed by atoms with Gasteiger partial charge in [0, 0.05) is 11.4 Å². The second kappa shape index (κ2) is 11.3. The molecule has 1 amide bonds. The third-order valence-corrected chi connectivity index (χ3v) is 3.32. The van der Waals surface area contributed by atoms with Crippen molar-refractivity contribution in [1.82, 2.24) is 0 Å². The molecule has 27 heavy (non-hydrogen) atoms. The van der Waals surface area contributed by atoms with Gasteiger partial charge in [-0.05, 0) is 55.8 Å². The van der Waals surface area contributed by atoms with Gasteiger partial charge in [0.05, 0.1) is 19.8 Å². The molecule has 0 aliphatic carbocycles. The van der Waals surface area contributed by atoms with Crippen LogP contribution in [0.25, 0.3) is 0 Å². The second-order valence-electron chi connectivity index (χ2n) is 5.83. The summed E-state index contributed by atoms with van der Waals surface area (Å²) < 4.78 is 10.1. The molecule has 0 radical (unpaired) electrons.